The number of oxazole rings is 1. The van der Waals surface area contributed by atoms with Gasteiger partial charge in [-0.1, -0.05) is 21.9 Å². The summed E-state index contributed by atoms with van der Waals surface area (Å²) in [5, 5.41) is 0. The Bertz CT molecular complexity index is 574. The van der Waals surface area contributed by atoms with Crippen molar-refractivity contribution in [1.29, 1.82) is 0 Å². The molecule has 3 nitrogen and oxygen atoms in total. The minimum Gasteiger partial charge on any atom is -0.408 e. The van der Waals surface area contributed by atoms with Gasteiger partial charge in [0.25, 0.3) is 0 Å². The minimum atomic E-state index is -0.420. The van der Waals surface area contributed by atoms with E-state index in [1.54, 1.807) is 12.1 Å². The van der Waals surface area contributed by atoms with Gasteiger partial charge in [0, 0.05) is 4.47 Å². The van der Waals surface area contributed by atoms with Gasteiger partial charge in [0.2, 0.25) is 0 Å². The van der Waals surface area contributed by atoms with Crippen LogP contribution < -0.4 is 5.76 Å². The highest BCUT2D eigenvalue weighted by Crippen LogP contribution is 2.18. The molecule has 0 radical (unpaired) electrons. The Morgan fingerprint density at radius 3 is 3.07 bits per heavy atom. The van der Waals surface area contributed by atoms with E-state index in [0.29, 0.717) is 5.58 Å². The largest absolute Gasteiger partial charge is 0.420 e. The third kappa shape index (κ3) is 1.36. The molecule has 0 atom stereocenters. The van der Waals surface area contributed by atoms with Crippen LogP contribution in [0.3, 0.4) is 0 Å². The van der Waals surface area contributed by atoms with Gasteiger partial charge in [-0.15, -0.1) is 6.42 Å². The number of halogens is 1. The third-order valence-corrected chi connectivity index (χ3v) is 2.37. The zero-order valence-corrected chi connectivity index (χ0v) is 8.74. The summed E-state index contributed by atoms with van der Waals surface area (Å²) in [6, 6.07) is 5.37. The average molecular weight is 252 g/mol. The highest BCUT2D eigenvalue weighted by molar-refractivity contribution is 9.10. The fourth-order valence-corrected chi connectivity index (χ4v) is 1.62. The van der Waals surface area contributed by atoms with E-state index in [1.165, 1.54) is 4.57 Å². The number of benzene rings is 1. The molecular formula is C10H6BrNO2. The molecule has 1 aromatic carbocycles. The lowest BCUT2D eigenvalue weighted by Gasteiger charge is -1.94. The lowest BCUT2D eigenvalue weighted by atomic mass is 10.3. The number of terminal acetylenes is 1. The van der Waals surface area contributed by atoms with Crippen LogP contribution in [0.2, 0.25) is 0 Å². The van der Waals surface area contributed by atoms with Crippen LogP contribution in [0.1, 0.15) is 0 Å². The van der Waals surface area contributed by atoms with Gasteiger partial charge in [0.15, 0.2) is 5.58 Å². The first-order valence-corrected chi connectivity index (χ1v) is 4.74. The minimum absolute atomic E-state index is 0.230. The first-order valence-electron chi connectivity index (χ1n) is 3.95. The Kier molecular flexibility index (Phi) is 2.18. The first kappa shape index (κ1) is 9.10. The molecule has 1 aromatic heterocycles. The van der Waals surface area contributed by atoms with Crippen LogP contribution in [0, 0.1) is 12.3 Å². The zero-order chi connectivity index (χ0) is 10.1. The molecular weight excluding hydrogens is 246 g/mol. The summed E-state index contributed by atoms with van der Waals surface area (Å²) in [6.45, 7) is 0.230. The summed E-state index contributed by atoms with van der Waals surface area (Å²) in [6.07, 6.45) is 5.15. The SMILES string of the molecule is C#CCn1c(=O)oc2cc(Br)ccc21. The molecule has 2 aromatic rings. The molecule has 0 fully saturated rings. The van der Waals surface area contributed by atoms with Gasteiger partial charge in [-0.25, -0.2) is 4.79 Å². The smallest absolute Gasteiger partial charge is 0.408 e. The highest BCUT2D eigenvalue weighted by Gasteiger charge is 2.07. The lowest BCUT2D eigenvalue weighted by molar-refractivity contribution is 0.521. The molecule has 0 saturated carbocycles. The fraction of sp³-hybridized carbons (Fsp3) is 0.100. The van der Waals surface area contributed by atoms with Crippen LogP contribution >= 0.6 is 15.9 Å². The standard InChI is InChI=1S/C10H6BrNO2/c1-2-5-12-8-4-3-7(11)6-9(8)14-10(12)13/h1,3-4,6H,5H2. The number of nitrogens with zero attached hydrogens (tertiary/aromatic N) is 1. The number of rotatable bonds is 1. The molecule has 0 aliphatic heterocycles. The van der Waals surface area contributed by atoms with Gasteiger partial charge in [-0.2, -0.15) is 0 Å². The zero-order valence-electron chi connectivity index (χ0n) is 7.16. The maximum atomic E-state index is 11.3. The predicted molar refractivity (Wildman–Crippen MR) is 57.0 cm³/mol. The second-order valence-electron chi connectivity index (χ2n) is 2.77. The molecule has 70 valence electrons. The Morgan fingerprint density at radius 1 is 1.57 bits per heavy atom. The van der Waals surface area contributed by atoms with Crippen molar-refractivity contribution in [3.8, 4) is 12.3 Å². The Morgan fingerprint density at radius 2 is 2.36 bits per heavy atom. The van der Waals surface area contributed by atoms with Gasteiger partial charge in [0.05, 0.1) is 12.1 Å². The summed E-state index contributed by atoms with van der Waals surface area (Å²) < 4.78 is 7.30. The molecule has 0 aliphatic rings. The van der Waals surface area contributed by atoms with Crippen LogP contribution in [-0.4, -0.2) is 4.57 Å². The van der Waals surface area contributed by atoms with Gasteiger partial charge in [-0.05, 0) is 18.2 Å². The Balaban J connectivity index is 2.79. The topological polar surface area (TPSA) is 35.1 Å². The maximum absolute atomic E-state index is 11.3. The number of hydrogen-bond acceptors (Lipinski definition) is 2. The Labute approximate surface area is 88.5 Å². The van der Waals surface area contributed by atoms with E-state index in [1.807, 2.05) is 6.07 Å². The van der Waals surface area contributed by atoms with E-state index in [4.69, 9.17) is 10.8 Å². The number of aromatic nitrogens is 1. The van der Waals surface area contributed by atoms with Gasteiger partial charge in [0.1, 0.15) is 0 Å². The van der Waals surface area contributed by atoms with Crippen molar-refractivity contribution in [2.24, 2.45) is 0 Å². The van der Waals surface area contributed by atoms with Crippen molar-refractivity contribution in [2.45, 2.75) is 6.54 Å². The van der Waals surface area contributed by atoms with Crippen molar-refractivity contribution < 1.29 is 4.42 Å². The van der Waals surface area contributed by atoms with Crippen molar-refractivity contribution in [1.82, 2.24) is 4.57 Å². The molecule has 2 rings (SSSR count). The molecule has 0 unspecified atom stereocenters. The normalized spacial score (nSPS) is 10.3. The van der Waals surface area contributed by atoms with E-state index in [9.17, 15) is 4.79 Å². The van der Waals surface area contributed by atoms with E-state index in [2.05, 4.69) is 21.9 Å². The molecule has 0 aliphatic carbocycles. The van der Waals surface area contributed by atoms with Crippen molar-refractivity contribution in [3.05, 3.63) is 33.2 Å². The van der Waals surface area contributed by atoms with E-state index in [0.717, 1.165) is 9.99 Å². The first-order chi connectivity index (χ1) is 6.72. The maximum Gasteiger partial charge on any atom is 0.420 e. The molecule has 0 bridgehead atoms. The molecule has 1 heterocycles. The fourth-order valence-electron chi connectivity index (χ4n) is 1.28. The van der Waals surface area contributed by atoms with E-state index < -0.39 is 5.76 Å². The van der Waals surface area contributed by atoms with Gasteiger partial charge >= 0.3 is 5.76 Å². The van der Waals surface area contributed by atoms with Gasteiger partial charge in [-0.3, -0.25) is 4.57 Å². The molecule has 0 N–H and O–H groups in total. The quantitative estimate of drug-likeness (QED) is 0.727. The highest BCUT2D eigenvalue weighted by atomic mass is 79.9. The molecule has 4 heteroatoms. The number of fused-ring (bicyclic) bond motifs is 1. The predicted octanol–water partition coefficient (Wildman–Crippen LogP) is 1.99. The second-order valence-corrected chi connectivity index (χ2v) is 3.69. The summed E-state index contributed by atoms with van der Waals surface area (Å²) in [5.41, 5.74) is 1.26. The Hall–Kier alpha value is -1.47. The van der Waals surface area contributed by atoms with Crippen molar-refractivity contribution in [2.75, 3.05) is 0 Å². The second kappa shape index (κ2) is 3.35. The molecule has 0 saturated heterocycles. The molecule has 0 amide bonds. The number of hydrogen-bond donors (Lipinski definition) is 0. The lowest BCUT2D eigenvalue weighted by Crippen LogP contribution is -2.12. The summed E-state index contributed by atoms with van der Waals surface area (Å²) in [7, 11) is 0. The third-order valence-electron chi connectivity index (χ3n) is 1.88. The van der Waals surface area contributed by atoms with Crippen LogP contribution in [0.4, 0.5) is 0 Å². The van der Waals surface area contributed by atoms with Crippen molar-refractivity contribution in [3.63, 3.8) is 0 Å². The summed E-state index contributed by atoms with van der Waals surface area (Å²) in [5.74, 6) is 1.99. The van der Waals surface area contributed by atoms with Gasteiger partial charge < -0.3 is 4.42 Å². The molecule has 14 heavy (non-hydrogen) atoms. The molecule has 0 spiro atoms. The summed E-state index contributed by atoms with van der Waals surface area (Å²) >= 11 is 3.29. The van der Waals surface area contributed by atoms with E-state index >= 15 is 0 Å². The summed E-state index contributed by atoms with van der Waals surface area (Å²) in [4.78, 5) is 11.3. The van der Waals surface area contributed by atoms with Crippen molar-refractivity contribution >= 4 is 27.0 Å². The van der Waals surface area contributed by atoms with Crippen LogP contribution in [-0.2, 0) is 6.54 Å². The average Bonchev–Trinajstić information content (AvgIpc) is 2.43. The van der Waals surface area contributed by atoms with Crippen LogP contribution in [0.5, 0.6) is 0 Å². The van der Waals surface area contributed by atoms with E-state index in [-0.39, 0.29) is 6.54 Å². The van der Waals surface area contributed by atoms with Crippen LogP contribution in [0.15, 0.2) is 31.9 Å². The van der Waals surface area contributed by atoms with Crippen LogP contribution in [0.25, 0.3) is 11.1 Å². The monoisotopic (exact) mass is 251 g/mol.